The van der Waals surface area contributed by atoms with Crippen LogP contribution in [0.3, 0.4) is 0 Å². The summed E-state index contributed by atoms with van der Waals surface area (Å²) < 4.78 is 11.5. The predicted octanol–water partition coefficient (Wildman–Crippen LogP) is 4.53. The van der Waals surface area contributed by atoms with Crippen molar-refractivity contribution in [3.8, 4) is 28.2 Å². The standard InChI is InChI=1S/C26H27N3O3S/c1-18(30)29-10-6-23(7-11-29)32-25-15-22-14-20(3-4-21(22)16-27-25)24-17-28-26(33-24)5-2-19-8-12-31-13-9-19/h3-4,14-17,19,23H,6-13H2,1H3. The van der Waals surface area contributed by atoms with Crippen LogP contribution in [-0.2, 0) is 9.53 Å². The van der Waals surface area contributed by atoms with E-state index in [1.165, 1.54) is 0 Å². The van der Waals surface area contributed by atoms with E-state index in [0.29, 0.717) is 11.8 Å². The van der Waals surface area contributed by atoms with Crippen LogP contribution in [0.2, 0.25) is 0 Å². The van der Waals surface area contributed by atoms with E-state index < -0.39 is 0 Å². The molecule has 0 saturated carbocycles. The van der Waals surface area contributed by atoms with Crippen molar-refractivity contribution in [2.45, 2.75) is 38.7 Å². The quantitative estimate of drug-likeness (QED) is 0.537. The van der Waals surface area contributed by atoms with Crippen LogP contribution in [0.15, 0.2) is 36.7 Å². The number of rotatable bonds is 3. The Balaban J connectivity index is 1.29. The maximum atomic E-state index is 11.5. The Hall–Kier alpha value is -2.95. The third kappa shape index (κ3) is 5.35. The number of fused-ring (bicyclic) bond motifs is 1. The minimum atomic E-state index is 0.0899. The van der Waals surface area contributed by atoms with E-state index in [1.807, 2.05) is 23.4 Å². The highest BCUT2D eigenvalue weighted by molar-refractivity contribution is 7.15. The first-order valence-electron chi connectivity index (χ1n) is 11.5. The molecule has 2 saturated heterocycles. The van der Waals surface area contributed by atoms with E-state index in [1.54, 1.807) is 18.3 Å². The molecule has 2 aliphatic rings. The average molecular weight is 462 g/mol. The molecule has 6 nitrogen and oxygen atoms in total. The molecular formula is C26H27N3O3S. The van der Waals surface area contributed by atoms with E-state index in [0.717, 1.165) is 78.2 Å². The van der Waals surface area contributed by atoms with Crippen LogP contribution < -0.4 is 4.74 Å². The number of hydrogen-bond acceptors (Lipinski definition) is 6. The number of thiazole rings is 1. The van der Waals surface area contributed by atoms with Crippen LogP contribution in [-0.4, -0.2) is 53.2 Å². The van der Waals surface area contributed by atoms with Gasteiger partial charge in [0, 0.05) is 75.8 Å². The van der Waals surface area contributed by atoms with Gasteiger partial charge < -0.3 is 14.4 Å². The number of carbonyl (C=O) groups excluding carboxylic acids is 1. The Morgan fingerprint density at radius 3 is 2.70 bits per heavy atom. The smallest absolute Gasteiger partial charge is 0.219 e. The number of amides is 1. The van der Waals surface area contributed by atoms with Crippen molar-refractivity contribution in [1.82, 2.24) is 14.9 Å². The van der Waals surface area contributed by atoms with Gasteiger partial charge in [0.1, 0.15) is 6.10 Å². The molecule has 7 heteroatoms. The van der Waals surface area contributed by atoms with Crippen LogP contribution >= 0.6 is 11.3 Å². The summed E-state index contributed by atoms with van der Waals surface area (Å²) >= 11 is 1.62. The molecule has 0 spiro atoms. The van der Waals surface area contributed by atoms with Crippen molar-refractivity contribution >= 4 is 28.0 Å². The molecule has 0 N–H and O–H groups in total. The number of pyridine rings is 1. The van der Waals surface area contributed by atoms with Crippen molar-refractivity contribution in [2.24, 2.45) is 5.92 Å². The van der Waals surface area contributed by atoms with E-state index >= 15 is 0 Å². The Bertz CT molecular complexity index is 1200. The highest BCUT2D eigenvalue weighted by atomic mass is 32.1. The van der Waals surface area contributed by atoms with Crippen LogP contribution in [0, 0.1) is 17.8 Å². The molecule has 5 rings (SSSR count). The van der Waals surface area contributed by atoms with Gasteiger partial charge in [-0.3, -0.25) is 4.79 Å². The number of aromatic nitrogens is 2. The van der Waals surface area contributed by atoms with Gasteiger partial charge in [-0.05, 0) is 35.8 Å². The summed E-state index contributed by atoms with van der Waals surface area (Å²) in [7, 11) is 0. The molecule has 0 unspecified atom stereocenters. The largest absolute Gasteiger partial charge is 0.474 e. The van der Waals surface area contributed by atoms with E-state index in [2.05, 4.69) is 40.0 Å². The van der Waals surface area contributed by atoms with Crippen molar-refractivity contribution in [3.63, 3.8) is 0 Å². The number of nitrogens with zero attached hydrogens (tertiary/aromatic N) is 3. The lowest BCUT2D eigenvalue weighted by atomic mass is 10.0. The zero-order chi connectivity index (χ0) is 22.6. The molecule has 4 heterocycles. The highest BCUT2D eigenvalue weighted by Crippen LogP contribution is 2.30. The minimum absolute atomic E-state index is 0.0899. The van der Waals surface area contributed by atoms with Crippen LogP contribution in [0.4, 0.5) is 0 Å². The molecule has 2 aromatic heterocycles. The van der Waals surface area contributed by atoms with Gasteiger partial charge >= 0.3 is 0 Å². The van der Waals surface area contributed by atoms with Crippen LogP contribution in [0.5, 0.6) is 5.88 Å². The number of benzene rings is 1. The van der Waals surface area contributed by atoms with E-state index in [4.69, 9.17) is 9.47 Å². The zero-order valence-corrected chi connectivity index (χ0v) is 19.6. The maximum absolute atomic E-state index is 11.5. The van der Waals surface area contributed by atoms with Crippen molar-refractivity contribution < 1.29 is 14.3 Å². The third-order valence-corrected chi connectivity index (χ3v) is 7.23. The van der Waals surface area contributed by atoms with Crippen molar-refractivity contribution in [1.29, 1.82) is 0 Å². The normalized spacial score (nSPS) is 17.5. The number of hydrogen-bond donors (Lipinski definition) is 0. The number of piperidine rings is 1. The summed E-state index contributed by atoms with van der Waals surface area (Å²) in [6.45, 7) is 4.70. The zero-order valence-electron chi connectivity index (χ0n) is 18.8. The molecule has 33 heavy (non-hydrogen) atoms. The summed E-state index contributed by atoms with van der Waals surface area (Å²) in [5.41, 5.74) is 1.12. The Morgan fingerprint density at radius 1 is 1.09 bits per heavy atom. The summed E-state index contributed by atoms with van der Waals surface area (Å²) in [5.74, 6) is 7.78. The molecule has 3 aromatic rings. The first kappa shape index (κ1) is 21.9. The number of ether oxygens (including phenoxy) is 2. The fourth-order valence-electron chi connectivity index (χ4n) is 4.27. The maximum Gasteiger partial charge on any atom is 0.219 e. The SMILES string of the molecule is CC(=O)N1CCC(Oc2cc3cc(-c4cnc(C#CC5CCOCC5)s4)ccc3cn2)CC1. The van der Waals surface area contributed by atoms with E-state index in [9.17, 15) is 4.79 Å². The highest BCUT2D eigenvalue weighted by Gasteiger charge is 2.22. The second-order valence-electron chi connectivity index (χ2n) is 8.59. The van der Waals surface area contributed by atoms with Crippen molar-refractivity contribution in [3.05, 3.63) is 41.7 Å². The fourth-order valence-corrected chi connectivity index (χ4v) is 5.04. The van der Waals surface area contributed by atoms with E-state index in [-0.39, 0.29) is 12.0 Å². The Kier molecular flexibility index (Phi) is 6.56. The van der Waals surface area contributed by atoms with Gasteiger partial charge in [-0.25, -0.2) is 9.97 Å². The monoisotopic (exact) mass is 461 g/mol. The molecule has 0 radical (unpaired) electrons. The Morgan fingerprint density at radius 2 is 1.91 bits per heavy atom. The van der Waals surface area contributed by atoms with Gasteiger partial charge in [0.2, 0.25) is 11.8 Å². The van der Waals surface area contributed by atoms with Gasteiger partial charge in [-0.2, -0.15) is 0 Å². The predicted molar refractivity (Wildman–Crippen MR) is 129 cm³/mol. The van der Waals surface area contributed by atoms with Gasteiger partial charge in [-0.15, -0.1) is 11.3 Å². The Labute approximate surface area is 197 Å². The second-order valence-corrected chi connectivity index (χ2v) is 9.62. The summed E-state index contributed by atoms with van der Waals surface area (Å²) in [6.07, 6.45) is 7.52. The van der Waals surface area contributed by atoms with Gasteiger partial charge in [-0.1, -0.05) is 18.1 Å². The molecule has 1 amide bonds. The summed E-state index contributed by atoms with van der Waals surface area (Å²) in [6, 6.07) is 8.35. The summed E-state index contributed by atoms with van der Waals surface area (Å²) in [4.78, 5) is 23.5. The second kappa shape index (κ2) is 9.90. The molecular weight excluding hydrogens is 434 g/mol. The lowest BCUT2D eigenvalue weighted by Crippen LogP contribution is -2.40. The molecule has 0 aliphatic carbocycles. The van der Waals surface area contributed by atoms with Gasteiger partial charge in [0.05, 0.1) is 4.88 Å². The first-order chi connectivity index (χ1) is 16.1. The fraction of sp³-hybridized carbons (Fsp3) is 0.423. The number of likely N-dealkylation sites (tertiary alicyclic amines) is 1. The topological polar surface area (TPSA) is 64.6 Å². The first-order valence-corrected chi connectivity index (χ1v) is 12.3. The van der Waals surface area contributed by atoms with Crippen molar-refractivity contribution in [2.75, 3.05) is 26.3 Å². The summed E-state index contributed by atoms with van der Waals surface area (Å²) in [5, 5.41) is 3.01. The third-order valence-electron chi connectivity index (χ3n) is 6.27. The lowest BCUT2D eigenvalue weighted by Gasteiger charge is -2.31. The average Bonchev–Trinajstić information content (AvgIpc) is 3.32. The minimum Gasteiger partial charge on any atom is -0.474 e. The van der Waals surface area contributed by atoms with Crippen LogP contribution in [0.25, 0.3) is 21.2 Å². The van der Waals surface area contributed by atoms with Crippen LogP contribution in [0.1, 0.15) is 37.6 Å². The lowest BCUT2D eigenvalue weighted by molar-refractivity contribution is -0.130. The molecule has 1 aromatic carbocycles. The van der Waals surface area contributed by atoms with Gasteiger partial charge in [0.25, 0.3) is 0 Å². The molecule has 0 atom stereocenters. The molecule has 0 bridgehead atoms. The number of carbonyl (C=O) groups is 1. The molecule has 2 fully saturated rings. The molecule has 2 aliphatic heterocycles. The van der Waals surface area contributed by atoms with Gasteiger partial charge in [0.15, 0.2) is 5.01 Å². The molecule has 170 valence electrons.